The highest BCUT2D eigenvalue weighted by molar-refractivity contribution is 6.32. The first-order chi connectivity index (χ1) is 11.9. The second-order valence-electron chi connectivity index (χ2n) is 6.80. The molecule has 3 aromatic rings. The number of aliphatic hydroxyl groups excluding tert-OH is 1. The van der Waals surface area contributed by atoms with Crippen molar-refractivity contribution in [3.8, 4) is 0 Å². The van der Waals surface area contributed by atoms with E-state index < -0.39 is 6.10 Å². The number of likely N-dealkylation sites (N-methyl/N-ethyl adjacent to an activating group) is 1. The van der Waals surface area contributed by atoms with E-state index in [9.17, 15) is 5.11 Å². The molecule has 0 saturated heterocycles. The van der Waals surface area contributed by atoms with Gasteiger partial charge in [-0.1, -0.05) is 11.6 Å². The maximum Gasteiger partial charge on any atom is 0.197 e. The molecule has 25 heavy (non-hydrogen) atoms. The van der Waals surface area contributed by atoms with Crippen LogP contribution in [0.4, 0.5) is 0 Å². The Morgan fingerprint density at radius 3 is 2.80 bits per heavy atom. The second kappa shape index (κ2) is 6.16. The van der Waals surface area contributed by atoms with Gasteiger partial charge >= 0.3 is 0 Å². The number of oxazole rings is 1. The highest BCUT2D eigenvalue weighted by Gasteiger charge is 2.27. The molecule has 4 rings (SSSR count). The third-order valence-electron chi connectivity index (χ3n) is 4.95. The molecule has 0 radical (unpaired) electrons. The Kier molecular flexibility index (Phi) is 4.10. The van der Waals surface area contributed by atoms with Crippen molar-refractivity contribution in [3.05, 3.63) is 51.4 Å². The van der Waals surface area contributed by atoms with Crippen molar-refractivity contribution in [2.24, 2.45) is 0 Å². The quantitative estimate of drug-likeness (QED) is 0.766. The number of halogens is 1. The van der Waals surface area contributed by atoms with Crippen LogP contribution in [0.2, 0.25) is 5.02 Å². The minimum atomic E-state index is -0.807. The van der Waals surface area contributed by atoms with Crippen molar-refractivity contribution in [3.63, 3.8) is 0 Å². The fraction of sp³-hybridized carbons (Fsp3) is 0.421. The Morgan fingerprint density at radius 2 is 2.08 bits per heavy atom. The van der Waals surface area contributed by atoms with Crippen LogP contribution in [-0.2, 0) is 19.4 Å². The molecule has 2 aromatic heterocycles. The number of nitrogens with zero attached hydrogens (tertiary/aromatic N) is 2. The zero-order chi connectivity index (χ0) is 17.7. The number of aromatic nitrogens is 1. The van der Waals surface area contributed by atoms with Gasteiger partial charge in [0.25, 0.3) is 0 Å². The fourth-order valence-electron chi connectivity index (χ4n) is 3.53. The average Bonchev–Trinajstić information content (AvgIpc) is 3.00. The van der Waals surface area contributed by atoms with E-state index in [-0.39, 0.29) is 6.42 Å². The van der Waals surface area contributed by atoms with Gasteiger partial charge in [0, 0.05) is 29.1 Å². The first-order valence-corrected chi connectivity index (χ1v) is 8.84. The van der Waals surface area contributed by atoms with Crippen LogP contribution in [0.15, 0.2) is 21.0 Å². The van der Waals surface area contributed by atoms with E-state index in [1.165, 1.54) is 0 Å². The van der Waals surface area contributed by atoms with Gasteiger partial charge in [0.05, 0.1) is 12.1 Å². The summed E-state index contributed by atoms with van der Waals surface area (Å²) in [5.41, 5.74) is 3.74. The van der Waals surface area contributed by atoms with Crippen LogP contribution < -0.4 is 0 Å². The molecule has 1 aromatic carbocycles. The average molecular weight is 361 g/mol. The number of furan rings is 1. The Hall–Kier alpha value is -1.82. The first kappa shape index (κ1) is 16.6. The SMILES string of the molecule is Cc1nc(CC(O)c2oc3ccc(Cl)c4c3c2CN(C)CC4)oc1C. The molecule has 1 aliphatic heterocycles. The van der Waals surface area contributed by atoms with Gasteiger partial charge in [-0.25, -0.2) is 4.98 Å². The van der Waals surface area contributed by atoms with Gasteiger partial charge in [0.15, 0.2) is 5.89 Å². The van der Waals surface area contributed by atoms with Crippen molar-refractivity contribution in [1.82, 2.24) is 9.88 Å². The maximum atomic E-state index is 10.8. The Morgan fingerprint density at radius 1 is 1.28 bits per heavy atom. The molecule has 1 atom stereocenters. The normalized spacial score (nSPS) is 16.4. The molecule has 0 fully saturated rings. The summed E-state index contributed by atoms with van der Waals surface area (Å²) < 4.78 is 11.6. The summed E-state index contributed by atoms with van der Waals surface area (Å²) in [6, 6.07) is 3.75. The lowest BCUT2D eigenvalue weighted by Gasteiger charge is -2.15. The van der Waals surface area contributed by atoms with E-state index in [0.29, 0.717) is 11.7 Å². The molecule has 1 aliphatic rings. The van der Waals surface area contributed by atoms with Gasteiger partial charge in [-0.3, -0.25) is 0 Å². The van der Waals surface area contributed by atoms with Crippen LogP contribution in [0.1, 0.15) is 40.3 Å². The maximum absolute atomic E-state index is 10.8. The van der Waals surface area contributed by atoms with Crippen molar-refractivity contribution >= 4 is 22.6 Å². The highest BCUT2D eigenvalue weighted by Crippen LogP contribution is 2.38. The minimum Gasteiger partial charge on any atom is -0.458 e. The Bertz CT molecular complexity index is 924. The number of aliphatic hydroxyl groups is 1. The molecule has 3 heterocycles. The number of hydrogen-bond donors (Lipinski definition) is 1. The van der Waals surface area contributed by atoms with Gasteiger partial charge < -0.3 is 18.8 Å². The largest absolute Gasteiger partial charge is 0.458 e. The Labute approximate surface area is 151 Å². The van der Waals surface area contributed by atoms with E-state index in [1.54, 1.807) is 0 Å². The van der Waals surface area contributed by atoms with Crippen LogP contribution in [-0.4, -0.2) is 28.6 Å². The van der Waals surface area contributed by atoms with Crippen LogP contribution in [0.5, 0.6) is 0 Å². The van der Waals surface area contributed by atoms with E-state index in [0.717, 1.165) is 58.1 Å². The smallest absolute Gasteiger partial charge is 0.197 e. The van der Waals surface area contributed by atoms with E-state index >= 15 is 0 Å². The van der Waals surface area contributed by atoms with Gasteiger partial charge in [-0.2, -0.15) is 0 Å². The van der Waals surface area contributed by atoms with Crippen LogP contribution in [0.3, 0.4) is 0 Å². The predicted molar refractivity (Wildman–Crippen MR) is 95.9 cm³/mol. The number of benzene rings is 1. The predicted octanol–water partition coefficient (Wildman–Crippen LogP) is 3.96. The molecule has 132 valence electrons. The molecule has 0 spiro atoms. The van der Waals surface area contributed by atoms with E-state index in [2.05, 4.69) is 16.9 Å². The van der Waals surface area contributed by atoms with Crippen molar-refractivity contribution in [2.45, 2.75) is 39.3 Å². The van der Waals surface area contributed by atoms with Gasteiger partial charge in [-0.05, 0) is 45.0 Å². The van der Waals surface area contributed by atoms with Crippen LogP contribution >= 0.6 is 11.6 Å². The summed E-state index contributed by atoms with van der Waals surface area (Å²) in [5, 5.41) is 12.6. The lowest BCUT2D eigenvalue weighted by molar-refractivity contribution is 0.141. The lowest BCUT2D eigenvalue weighted by Crippen LogP contribution is -2.19. The molecule has 0 aliphatic carbocycles. The van der Waals surface area contributed by atoms with Crippen molar-refractivity contribution in [2.75, 3.05) is 13.6 Å². The molecule has 6 heteroatoms. The zero-order valence-electron chi connectivity index (χ0n) is 14.6. The van der Waals surface area contributed by atoms with Crippen molar-refractivity contribution < 1.29 is 13.9 Å². The molecule has 5 nitrogen and oxygen atoms in total. The zero-order valence-corrected chi connectivity index (χ0v) is 15.4. The topological polar surface area (TPSA) is 62.6 Å². The van der Waals surface area contributed by atoms with Gasteiger partial charge in [0.1, 0.15) is 23.2 Å². The number of aryl methyl sites for hydroxylation is 2. The van der Waals surface area contributed by atoms with Crippen LogP contribution in [0.25, 0.3) is 11.0 Å². The summed E-state index contributed by atoms with van der Waals surface area (Å²) in [5.74, 6) is 1.88. The first-order valence-electron chi connectivity index (χ1n) is 8.46. The van der Waals surface area contributed by atoms with Crippen LogP contribution in [0, 0.1) is 13.8 Å². The second-order valence-corrected chi connectivity index (χ2v) is 7.21. The molecule has 0 bridgehead atoms. The van der Waals surface area contributed by atoms with Crippen molar-refractivity contribution in [1.29, 1.82) is 0 Å². The lowest BCUT2D eigenvalue weighted by atomic mass is 10.0. The van der Waals surface area contributed by atoms with E-state index in [1.807, 2.05) is 26.0 Å². The fourth-order valence-corrected chi connectivity index (χ4v) is 3.78. The summed E-state index contributed by atoms with van der Waals surface area (Å²) in [6.07, 6.45) is 0.346. The van der Waals surface area contributed by atoms with E-state index in [4.69, 9.17) is 20.4 Å². The summed E-state index contributed by atoms with van der Waals surface area (Å²) in [4.78, 5) is 6.58. The third-order valence-corrected chi connectivity index (χ3v) is 5.31. The summed E-state index contributed by atoms with van der Waals surface area (Å²) in [6.45, 7) is 5.40. The molecule has 0 saturated carbocycles. The highest BCUT2D eigenvalue weighted by atomic mass is 35.5. The Balaban J connectivity index is 1.78. The van der Waals surface area contributed by atoms with Gasteiger partial charge in [0.2, 0.25) is 0 Å². The molecular formula is C19H21ClN2O3. The summed E-state index contributed by atoms with van der Waals surface area (Å²) >= 11 is 6.42. The monoisotopic (exact) mass is 360 g/mol. The summed E-state index contributed by atoms with van der Waals surface area (Å²) in [7, 11) is 2.07. The standard InChI is InChI=1S/C19H21ClN2O3/c1-10-11(2)24-17(21-10)8-15(23)19-13-9-22(3)7-6-12-14(20)4-5-16(25-19)18(12)13/h4-5,15,23H,6-9H2,1-3H3. The third kappa shape index (κ3) is 2.86. The molecular weight excluding hydrogens is 340 g/mol. The minimum absolute atomic E-state index is 0.286. The molecule has 1 N–H and O–H groups in total. The molecule has 0 amide bonds. The molecule has 1 unspecified atom stereocenters. The van der Waals surface area contributed by atoms with Gasteiger partial charge in [-0.15, -0.1) is 0 Å². The number of rotatable bonds is 3. The number of hydrogen-bond acceptors (Lipinski definition) is 5.